The zero-order valence-electron chi connectivity index (χ0n) is 11.9. The van der Waals surface area contributed by atoms with E-state index in [-0.39, 0.29) is 5.41 Å². The summed E-state index contributed by atoms with van der Waals surface area (Å²) in [5, 5.41) is 0. The van der Waals surface area contributed by atoms with Crippen LogP contribution in [0.15, 0.2) is 17.0 Å². The molecule has 17 heavy (non-hydrogen) atoms. The summed E-state index contributed by atoms with van der Waals surface area (Å²) < 4.78 is 0. The van der Waals surface area contributed by atoms with Gasteiger partial charge in [0.15, 0.2) is 4.90 Å². The molecule has 0 aliphatic carbocycles. The van der Waals surface area contributed by atoms with Crippen molar-refractivity contribution in [3.05, 3.63) is 28.8 Å². The van der Waals surface area contributed by atoms with E-state index < -0.39 is 0 Å². The van der Waals surface area contributed by atoms with Crippen LogP contribution in [0.1, 0.15) is 50.3 Å². The first kappa shape index (κ1) is 13.0. The third kappa shape index (κ3) is 2.70. The summed E-state index contributed by atoms with van der Waals surface area (Å²) in [5.74, 6) is 2.85. The maximum Gasteiger partial charge on any atom is 0.160 e. The highest BCUT2D eigenvalue weighted by Gasteiger charge is 2.31. The van der Waals surface area contributed by atoms with Crippen LogP contribution in [0.5, 0.6) is 0 Å². The Kier molecular flexibility index (Phi) is 3.58. The fourth-order valence-electron chi connectivity index (χ4n) is 2.70. The van der Waals surface area contributed by atoms with Crippen LogP contribution in [0, 0.1) is 13.8 Å². The number of hydrogen-bond acceptors (Lipinski definition) is 0. The Labute approximate surface area is 109 Å². The van der Waals surface area contributed by atoms with E-state index in [9.17, 15) is 0 Å². The number of rotatable bonds is 1. The van der Waals surface area contributed by atoms with Gasteiger partial charge in [-0.1, -0.05) is 32.9 Å². The molecule has 0 amide bonds. The van der Waals surface area contributed by atoms with Gasteiger partial charge in [-0.2, -0.15) is 0 Å². The molecule has 0 bridgehead atoms. The van der Waals surface area contributed by atoms with Crippen molar-refractivity contribution >= 4 is 10.9 Å². The topological polar surface area (TPSA) is 0 Å². The number of benzene rings is 1. The van der Waals surface area contributed by atoms with Gasteiger partial charge in [-0.15, -0.1) is 0 Å². The maximum atomic E-state index is 2.42. The second-order valence-electron chi connectivity index (χ2n) is 6.30. The predicted octanol–water partition coefficient (Wildman–Crippen LogP) is 4.37. The SMILES string of the molecule is Cc1cc(C(C)(C)C)cc(C)c1[S+]1CCCC1. The Morgan fingerprint density at radius 3 is 1.82 bits per heavy atom. The lowest BCUT2D eigenvalue weighted by atomic mass is 9.85. The number of hydrogen-bond donors (Lipinski definition) is 0. The van der Waals surface area contributed by atoms with Crippen LogP contribution in [0.4, 0.5) is 0 Å². The van der Waals surface area contributed by atoms with Crippen LogP contribution < -0.4 is 0 Å². The van der Waals surface area contributed by atoms with Gasteiger partial charge in [0.2, 0.25) is 0 Å². The van der Waals surface area contributed by atoms with E-state index in [0.29, 0.717) is 10.9 Å². The first-order valence-electron chi connectivity index (χ1n) is 6.69. The van der Waals surface area contributed by atoms with E-state index >= 15 is 0 Å². The van der Waals surface area contributed by atoms with Crippen LogP contribution >= 0.6 is 0 Å². The van der Waals surface area contributed by atoms with Gasteiger partial charge in [0.05, 0.1) is 0 Å². The zero-order valence-corrected chi connectivity index (χ0v) is 12.7. The first-order chi connectivity index (χ1) is 7.89. The van der Waals surface area contributed by atoms with Crippen LogP contribution in [0.25, 0.3) is 0 Å². The molecular formula is C16H25S+. The summed E-state index contributed by atoms with van der Waals surface area (Å²) in [7, 11) is 0.551. The van der Waals surface area contributed by atoms with Crippen molar-refractivity contribution in [3.63, 3.8) is 0 Å². The van der Waals surface area contributed by atoms with Gasteiger partial charge in [0, 0.05) is 22.0 Å². The lowest BCUT2D eigenvalue weighted by Gasteiger charge is -2.21. The minimum absolute atomic E-state index is 0.271. The minimum atomic E-state index is 0.271. The average Bonchev–Trinajstić information content (AvgIpc) is 2.68. The van der Waals surface area contributed by atoms with Gasteiger partial charge in [0.25, 0.3) is 0 Å². The van der Waals surface area contributed by atoms with E-state index in [4.69, 9.17) is 0 Å². The Bertz CT molecular complexity index is 383. The molecule has 1 fully saturated rings. The molecule has 0 spiro atoms. The Morgan fingerprint density at radius 1 is 0.941 bits per heavy atom. The molecule has 0 saturated carbocycles. The Balaban J connectivity index is 2.42. The van der Waals surface area contributed by atoms with E-state index in [2.05, 4.69) is 46.8 Å². The van der Waals surface area contributed by atoms with E-state index in [1.807, 2.05) is 0 Å². The smallest absolute Gasteiger partial charge is 0.0561 e. The summed E-state index contributed by atoms with van der Waals surface area (Å²) in [5.41, 5.74) is 4.81. The van der Waals surface area contributed by atoms with Gasteiger partial charge in [-0.05, 0) is 37.7 Å². The second kappa shape index (κ2) is 4.68. The predicted molar refractivity (Wildman–Crippen MR) is 79.2 cm³/mol. The van der Waals surface area contributed by atoms with E-state index in [1.54, 1.807) is 4.90 Å². The van der Waals surface area contributed by atoms with Crippen molar-refractivity contribution in [2.75, 3.05) is 11.5 Å². The standard InChI is InChI=1S/C16H25S/c1-12-10-14(16(3,4)5)11-13(2)15(12)17-8-6-7-9-17/h10-11H,6-9H2,1-5H3/q+1. The van der Waals surface area contributed by atoms with Crippen molar-refractivity contribution in [1.29, 1.82) is 0 Å². The molecule has 0 N–H and O–H groups in total. The summed E-state index contributed by atoms with van der Waals surface area (Å²) in [6.45, 7) is 11.5. The summed E-state index contributed by atoms with van der Waals surface area (Å²) in [6, 6.07) is 4.85. The molecule has 1 heterocycles. The van der Waals surface area contributed by atoms with Crippen molar-refractivity contribution in [1.82, 2.24) is 0 Å². The van der Waals surface area contributed by atoms with Gasteiger partial charge in [-0.3, -0.25) is 0 Å². The summed E-state index contributed by atoms with van der Waals surface area (Å²) in [4.78, 5) is 1.68. The van der Waals surface area contributed by atoms with Gasteiger partial charge < -0.3 is 0 Å². The molecule has 1 heteroatoms. The van der Waals surface area contributed by atoms with Gasteiger partial charge >= 0.3 is 0 Å². The molecule has 0 aromatic heterocycles. The minimum Gasteiger partial charge on any atom is -0.0561 e. The van der Waals surface area contributed by atoms with Crippen molar-refractivity contribution in [2.45, 2.75) is 57.8 Å². The van der Waals surface area contributed by atoms with Gasteiger partial charge in [0.1, 0.15) is 11.5 Å². The summed E-state index contributed by atoms with van der Waals surface area (Å²) in [6.07, 6.45) is 2.87. The molecule has 2 rings (SSSR count). The molecule has 1 aliphatic rings. The molecule has 1 aromatic rings. The third-order valence-corrected chi connectivity index (χ3v) is 6.43. The monoisotopic (exact) mass is 249 g/mol. The molecule has 94 valence electrons. The van der Waals surface area contributed by atoms with Crippen molar-refractivity contribution in [3.8, 4) is 0 Å². The average molecular weight is 249 g/mol. The highest BCUT2D eigenvalue weighted by atomic mass is 32.2. The first-order valence-corrected chi connectivity index (χ1v) is 8.25. The third-order valence-electron chi connectivity index (χ3n) is 3.65. The van der Waals surface area contributed by atoms with Gasteiger partial charge in [-0.25, -0.2) is 0 Å². The molecule has 1 aromatic carbocycles. The Morgan fingerprint density at radius 2 is 1.41 bits per heavy atom. The molecular weight excluding hydrogens is 224 g/mol. The highest BCUT2D eigenvalue weighted by Crippen LogP contribution is 2.32. The second-order valence-corrected chi connectivity index (χ2v) is 8.51. The molecule has 0 nitrogen and oxygen atoms in total. The normalized spacial score (nSPS) is 17.7. The largest absolute Gasteiger partial charge is 0.160 e. The quantitative estimate of drug-likeness (QED) is 0.648. The van der Waals surface area contributed by atoms with Crippen molar-refractivity contribution < 1.29 is 0 Å². The fourth-order valence-corrected chi connectivity index (χ4v) is 5.44. The van der Waals surface area contributed by atoms with E-state index in [1.165, 1.54) is 41.0 Å². The summed E-state index contributed by atoms with van der Waals surface area (Å²) >= 11 is 0. The molecule has 0 atom stereocenters. The highest BCUT2D eigenvalue weighted by molar-refractivity contribution is 7.97. The van der Waals surface area contributed by atoms with Crippen LogP contribution in [-0.4, -0.2) is 11.5 Å². The molecule has 0 unspecified atom stereocenters. The lowest BCUT2D eigenvalue weighted by molar-refractivity contribution is 0.588. The Hall–Kier alpha value is -0.430. The van der Waals surface area contributed by atoms with Crippen molar-refractivity contribution in [2.24, 2.45) is 0 Å². The van der Waals surface area contributed by atoms with Crippen LogP contribution in [-0.2, 0) is 16.3 Å². The molecule has 1 saturated heterocycles. The van der Waals surface area contributed by atoms with Crippen LogP contribution in [0.2, 0.25) is 0 Å². The molecule has 0 radical (unpaired) electrons. The lowest BCUT2D eigenvalue weighted by Crippen LogP contribution is -2.14. The fraction of sp³-hybridized carbons (Fsp3) is 0.625. The maximum absolute atomic E-state index is 2.42. The zero-order chi connectivity index (χ0) is 12.6. The van der Waals surface area contributed by atoms with E-state index in [0.717, 1.165) is 0 Å². The van der Waals surface area contributed by atoms with Crippen LogP contribution in [0.3, 0.4) is 0 Å². The molecule has 1 aliphatic heterocycles. The number of aryl methyl sites for hydroxylation is 2.